The van der Waals surface area contributed by atoms with Crippen LogP contribution in [0.5, 0.6) is 5.75 Å². The minimum Gasteiger partial charge on any atom is -0.484 e. The number of ether oxygens (including phenoxy) is 3. The number of nitrogens with one attached hydrogen (secondary N) is 1. The highest BCUT2D eigenvalue weighted by Gasteiger charge is 2.43. The third-order valence-corrected chi connectivity index (χ3v) is 8.52. The predicted octanol–water partition coefficient (Wildman–Crippen LogP) is 5.33. The van der Waals surface area contributed by atoms with Crippen LogP contribution in [-0.2, 0) is 16.1 Å². The van der Waals surface area contributed by atoms with Crippen molar-refractivity contribution in [1.82, 2.24) is 20.1 Å². The molecule has 3 saturated heterocycles. The minimum absolute atomic E-state index is 0.0133. The van der Waals surface area contributed by atoms with Gasteiger partial charge < -0.3 is 34.0 Å². The molecule has 0 spiro atoms. The number of hydrogen-bond acceptors (Lipinski definition) is 8. The Balaban J connectivity index is 1.23. The molecule has 0 aliphatic carbocycles. The van der Waals surface area contributed by atoms with Crippen LogP contribution in [0.4, 0.5) is 4.79 Å². The highest BCUT2D eigenvalue weighted by molar-refractivity contribution is 5.91. The Labute approximate surface area is 264 Å². The van der Waals surface area contributed by atoms with Crippen molar-refractivity contribution < 1.29 is 33.3 Å². The van der Waals surface area contributed by atoms with Crippen LogP contribution in [0, 0.1) is 5.92 Å². The molecule has 2 N–H and O–H groups in total. The van der Waals surface area contributed by atoms with Crippen molar-refractivity contribution in [2.24, 2.45) is 5.92 Å². The number of amides is 2. The lowest BCUT2D eigenvalue weighted by molar-refractivity contribution is -0.139. The van der Waals surface area contributed by atoms with Crippen molar-refractivity contribution in [3.63, 3.8) is 0 Å². The summed E-state index contributed by atoms with van der Waals surface area (Å²) in [4.78, 5) is 33.8. The van der Waals surface area contributed by atoms with E-state index < -0.39 is 12.1 Å². The summed E-state index contributed by atoms with van der Waals surface area (Å²) in [5.74, 6) is 0.825. The average molecular weight is 621 g/mol. The topological polar surface area (TPSA) is 127 Å². The molecule has 3 aliphatic heterocycles. The second-order valence-corrected chi connectivity index (χ2v) is 11.4. The molecule has 2 amide bonds. The molecule has 3 aromatic rings. The minimum atomic E-state index is -0.928. The maximum Gasteiger partial charge on any atom is 0.408 e. The van der Waals surface area contributed by atoms with Crippen molar-refractivity contribution in [3.8, 4) is 5.75 Å². The van der Waals surface area contributed by atoms with Crippen molar-refractivity contribution >= 4 is 12.0 Å². The Bertz CT molecular complexity index is 1370. The van der Waals surface area contributed by atoms with Crippen molar-refractivity contribution in [2.45, 2.75) is 64.5 Å². The number of oxazole rings is 1. The predicted molar refractivity (Wildman–Crippen MR) is 167 cm³/mol. The Morgan fingerprint density at radius 1 is 1.07 bits per heavy atom. The molecule has 11 nitrogen and oxygen atoms in total. The third-order valence-electron chi connectivity index (χ3n) is 8.52. The fourth-order valence-electron chi connectivity index (χ4n) is 6.39. The first kappa shape index (κ1) is 32.5. The van der Waals surface area contributed by atoms with Gasteiger partial charge in [-0.3, -0.25) is 9.69 Å². The van der Waals surface area contributed by atoms with Crippen LogP contribution in [0.25, 0.3) is 0 Å². The summed E-state index contributed by atoms with van der Waals surface area (Å²) in [5.41, 5.74) is 1.90. The fourth-order valence-corrected chi connectivity index (χ4v) is 6.39. The van der Waals surface area contributed by atoms with E-state index in [4.69, 9.17) is 18.6 Å². The number of carbonyl (C=O) groups excluding carboxylic acids is 1. The highest BCUT2D eigenvalue weighted by Crippen LogP contribution is 2.39. The number of hydrogen-bond donors (Lipinski definition) is 2. The van der Waals surface area contributed by atoms with Gasteiger partial charge in [0.15, 0.2) is 18.6 Å². The first-order valence-corrected chi connectivity index (χ1v) is 15.9. The number of benzene rings is 2. The first-order chi connectivity index (χ1) is 22.0. The second kappa shape index (κ2) is 15.9. The van der Waals surface area contributed by atoms with E-state index in [1.165, 1.54) is 6.26 Å². The van der Waals surface area contributed by atoms with Crippen molar-refractivity contribution in [2.75, 3.05) is 39.4 Å². The van der Waals surface area contributed by atoms with Gasteiger partial charge in [0.2, 0.25) is 5.89 Å². The Hall–Kier alpha value is -3.93. The van der Waals surface area contributed by atoms with Crippen molar-refractivity contribution in [1.29, 1.82) is 0 Å². The number of rotatable bonds is 16. The summed E-state index contributed by atoms with van der Waals surface area (Å²) in [7, 11) is 0. The van der Waals surface area contributed by atoms with Crippen LogP contribution in [0.3, 0.4) is 0 Å². The molecule has 2 aromatic carbocycles. The smallest absolute Gasteiger partial charge is 0.408 e. The molecule has 11 heteroatoms. The van der Waals surface area contributed by atoms with Crippen LogP contribution in [-0.4, -0.2) is 83.6 Å². The summed E-state index contributed by atoms with van der Waals surface area (Å²) in [5, 5.41) is 13.4. The van der Waals surface area contributed by atoms with E-state index in [1.807, 2.05) is 68.4 Å². The molecule has 242 valence electrons. The van der Waals surface area contributed by atoms with Crippen LogP contribution in [0.1, 0.15) is 73.1 Å². The lowest BCUT2D eigenvalue weighted by Gasteiger charge is -2.50. The molecule has 3 aliphatic rings. The van der Waals surface area contributed by atoms with E-state index in [9.17, 15) is 14.7 Å². The summed E-state index contributed by atoms with van der Waals surface area (Å²) >= 11 is 0. The highest BCUT2D eigenvalue weighted by atomic mass is 16.7. The maximum absolute atomic E-state index is 12.9. The lowest BCUT2D eigenvalue weighted by Crippen LogP contribution is -2.59. The zero-order valence-corrected chi connectivity index (χ0v) is 26.1. The van der Waals surface area contributed by atoms with E-state index in [2.05, 4.69) is 15.2 Å². The van der Waals surface area contributed by atoms with Gasteiger partial charge in [-0.1, -0.05) is 42.5 Å². The molecule has 0 radical (unpaired) electrons. The van der Waals surface area contributed by atoms with Gasteiger partial charge in [-0.15, -0.1) is 0 Å². The number of carbonyl (C=O) groups is 2. The van der Waals surface area contributed by atoms with Gasteiger partial charge in [0.05, 0.1) is 12.1 Å². The van der Waals surface area contributed by atoms with Crippen LogP contribution in [0.2, 0.25) is 0 Å². The second-order valence-electron chi connectivity index (χ2n) is 11.4. The molecule has 1 aromatic heterocycles. The van der Waals surface area contributed by atoms with E-state index in [1.54, 1.807) is 4.90 Å². The number of piperidine rings is 3. The van der Waals surface area contributed by atoms with Gasteiger partial charge >= 0.3 is 6.09 Å². The number of aromatic nitrogens is 1. The van der Waals surface area contributed by atoms with Gasteiger partial charge in [0, 0.05) is 32.7 Å². The summed E-state index contributed by atoms with van der Waals surface area (Å²) in [6.07, 6.45) is 3.51. The zero-order chi connectivity index (χ0) is 31.6. The van der Waals surface area contributed by atoms with Crippen molar-refractivity contribution in [3.05, 3.63) is 83.6 Å². The van der Waals surface area contributed by atoms with Gasteiger partial charge in [-0.25, -0.2) is 9.78 Å². The zero-order valence-electron chi connectivity index (χ0n) is 26.1. The fraction of sp³-hybridized carbons (Fsp3) is 0.500. The van der Waals surface area contributed by atoms with Gasteiger partial charge in [0.1, 0.15) is 12.0 Å². The Morgan fingerprint density at radius 3 is 2.47 bits per heavy atom. The van der Waals surface area contributed by atoms with E-state index in [0.29, 0.717) is 44.3 Å². The van der Waals surface area contributed by atoms with Gasteiger partial charge in [0.25, 0.3) is 5.91 Å². The van der Waals surface area contributed by atoms with E-state index in [-0.39, 0.29) is 36.4 Å². The van der Waals surface area contributed by atoms with Crippen LogP contribution >= 0.6 is 0 Å². The SMILES string of the molecule is CCOC(CCCNC(=O)c1coc(COc2cccc(C(c3ccccc3)N(C(=O)O)[C@H]3CN4CCC3CC4)c2)n1)OCC. The largest absolute Gasteiger partial charge is 0.484 e. The van der Waals surface area contributed by atoms with Crippen LogP contribution in [0.15, 0.2) is 65.3 Å². The molecule has 2 bridgehead atoms. The van der Waals surface area contributed by atoms with Gasteiger partial charge in [-0.05, 0) is 75.4 Å². The Morgan fingerprint density at radius 2 is 1.80 bits per heavy atom. The molecule has 0 saturated carbocycles. The molecule has 1 unspecified atom stereocenters. The summed E-state index contributed by atoms with van der Waals surface area (Å²) in [6.45, 7) is 8.25. The molecule has 45 heavy (non-hydrogen) atoms. The average Bonchev–Trinajstić information content (AvgIpc) is 3.55. The number of fused-ring (bicyclic) bond motifs is 3. The molecule has 6 rings (SSSR count). The number of carboxylic acid groups (broad SMARTS) is 1. The standard InChI is InChI=1S/C34H44N4O7/c1-3-42-31(43-4-2)14-9-17-35-33(39)28-22-45-30(36-28)23-44-27-13-8-12-26(20-27)32(25-10-6-5-7-11-25)38(34(40)41)29-21-37-18-15-24(29)16-19-37/h5-8,10-13,20,22,24,29,31-32H,3-4,9,14-19,21,23H2,1-2H3,(H,35,39)(H,40,41)/t29-,32?/m0/s1. The summed E-state index contributed by atoms with van der Waals surface area (Å²) in [6, 6.07) is 16.7. The molecular weight excluding hydrogens is 576 g/mol. The normalized spacial score (nSPS) is 19.8. The van der Waals surface area contributed by atoms with Crippen LogP contribution < -0.4 is 10.1 Å². The third kappa shape index (κ3) is 8.42. The first-order valence-electron chi connectivity index (χ1n) is 15.9. The number of nitrogens with zero attached hydrogens (tertiary/aromatic N) is 3. The van der Waals surface area contributed by atoms with E-state index in [0.717, 1.165) is 43.6 Å². The molecule has 2 atom stereocenters. The maximum atomic E-state index is 12.9. The Kier molecular flexibility index (Phi) is 11.5. The lowest BCUT2D eigenvalue weighted by atomic mass is 9.81. The van der Waals surface area contributed by atoms with Gasteiger partial charge in [-0.2, -0.15) is 0 Å². The monoisotopic (exact) mass is 620 g/mol. The molecule has 4 heterocycles. The quantitative estimate of drug-likeness (QED) is 0.161. The molecular formula is C34H44N4O7. The van der Waals surface area contributed by atoms with E-state index >= 15 is 0 Å². The summed E-state index contributed by atoms with van der Waals surface area (Å²) < 4.78 is 22.6. The molecule has 3 fully saturated rings.